The molecule has 0 aliphatic heterocycles. The highest BCUT2D eigenvalue weighted by atomic mass is 16.2. The number of nitrogens with zero attached hydrogens (tertiary/aromatic N) is 2. The van der Waals surface area contributed by atoms with Gasteiger partial charge in [-0.3, -0.25) is 4.98 Å². The fourth-order valence-corrected chi connectivity index (χ4v) is 1.47. The molecular formula is C12H20N4O. The topological polar surface area (TPSA) is 57.3 Å². The van der Waals surface area contributed by atoms with Crippen LogP contribution in [0.4, 0.5) is 10.5 Å². The van der Waals surface area contributed by atoms with Gasteiger partial charge in [-0.15, -0.1) is 0 Å². The summed E-state index contributed by atoms with van der Waals surface area (Å²) in [6, 6.07) is 3.90. The summed E-state index contributed by atoms with van der Waals surface area (Å²) in [5.41, 5.74) is 3.02. The van der Waals surface area contributed by atoms with E-state index in [0.29, 0.717) is 13.1 Å². The van der Waals surface area contributed by atoms with E-state index in [1.54, 1.807) is 14.1 Å². The number of pyridine rings is 1. The molecule has 1 aromatic rings. The van der Waals surface area contributed by atoms with Crippen LogP contribution in [0.1, 0.15) is 11.4 Å². The zero-order valence-electron chi connectivity index (χ0n) is 10.9. The summed E-state index contributed by atoms with van der Waals surface area (Å²) in [6.45, 7) is 5.22. The van der Waals surface area contributed by atoms with Gasteiger partial charge in [0, 0.05) is 44.3 Å². The van der Waals surface area contributed by atoms with Crippen LogP contribution in [0, 0.1) is 13.8 Å². The first-order chi connectivity index (χ1) is 7.99. The van der Waals surface area contributed by atoms with Crippen molar-refractivity contribution in [2.24, 2.45) is 0 Å². The van der Waals surface area contributed by atoms with Gasteiger partial charge < -0.3 is 15.5 Å². The molecule has 1 aromatic heterocycles. The average molecular weight is 236 g/mol. The number of hydrogen-bond acceptors (Lipinski definition) is 3. The van der Waals surface area contributed by atoms with Gasteiger partial charge in [0.05, 0.1) is 0 Å². The van der Waals surface area contributed by atoms with E-state index in [0.717, 1.165) is 17.1 Å². The van der Waals surface area contributed by atoms with Gasteiger partial charge in [0.15, 0.2) is 0 Å². The molecule has 0 aliphatic carbocycles. The third-order valence-corrected chi connectivity index (χ3v) is 2.22. The number of amides is 2. The van der Waals surface area contributed by atoms with Crippen LogP contribution in [0.25, 0.3) is 0 Å². The predicted molar refractivity (Wildman–Crippen MR) is 69.3 cm³/mol. The van der Waals surface area contributed by atoms with Crippen LogP contribution in [0.5, 0.6) is 0 Å². The highest BCUT2D eigenvalue weighted by molar-refractivity contribution is 5.73. The lowest BCUT2D eigenvalue weighted by atomic mass is 10.3. The van der Waals surface area contributed by atoms with E-state index in [-0.39, 0.29) is 6.03 Å². The molecule has 1 rings (SSSR count). The quantitative estimate of drug-likeness (QED) is 0.777. The summed E-state index contributed by atoms with van der Waals surface area (Å²) < 4.78 is 0. The first kappa shape index (κ1) is 13.3. The van der Waals surface area contributed by atoms with Crippen molar-refractivity contribution >= 4 is 11.7 Å². The molecule has 0 unspecified atom stereocenters. The maximum absolute atomic E-state index is 11.2. The third-order valence-electron chi connectivity index (χ3n) is 2.22. The van der Waals surface area contributed by atoms with Crippen LogP contribution in [-0.4, -0.2) is 43.1 Å². The third kappa shape index (κ3) is 4.72. The molecule has 0 atom stereocenters. The Kier molecular flexibility index (Phi) is 4.75. The van der Waals surface area contributed by atoms with Crippen LogP contribution in [0.15, 0.2) is 12.1 Å². The van der Waals surface area contributed by atoms with Crippen molar-refractivity contribution in [3.8, 4) is 0 Å². The molecule has 1 heterocycles. The van der Waals surface area contributed by atoms with E-state index >= 15 is 0 Å². The number of carbonyl (C=O) groups is 1. The summed E-state index contributed by atoms with van der Waals surface area (Å²) in [6.07, 6.45) is 0. The molecule has 0 aliphatic rings. The summed E-state index contributed by atoms with van der Waals surface area (Å²) in [7, 11) is 3.44. The smallest absolute Gasteiger partial charge is 0.316 e. The van der Waals surface area contributed by atoms with Gasteiger partial charge in [-0.2, -0.15) is 0 Å². The number of aryl methyl sites for hydroxylation is 2. The van der Waals surface area contributed by atoms with Gasteiger partial charge in [-0.25, -0.2) is 4.79 Å². The number of nitrogens with one attached hydrogen (secondary N) is 2. The molecule has 0 spiro atoms. The molecule has 0 radical (unpaired) electrons. The van der Waals surface area contributed by atoms with Gasteiger partial charge in [0.1, 0.15) is 0 Å². The Bertz CT molecular complexity index is 370. The first-order valence-electron chi connectivity index (χ1n) is 5.63. The Morgan fingerprint density at radius 1 is 1.24 bits per heavy atom. The molecule has 94 valence electrons. The zero-order valence-corrected chi connectivity index (χ0v) is 10.9. The van der Waals surface area contributed by atoms with Crippen LogP contribution < -0.4 is 10.6 Å². The van der Waals surface area contributed by atoms with Crippen molar-refractivity contribution in [2.75, 3.05) is 32.5 Å². The Labute approximate surface area is 102 Å². The highest BCUT2D eigenvalue weighted by Gasteiger charge is 2.01. The minimum atomic E-state index is -0.0751. The van der Waals surface area contributed by atoms with Gasteiger partial charge in [0.25, 0.3) is 0 Å². The second-order valence-corrected chi connectivity index (χ2v) is 4.19. The van der Waals surface area contributed by atoms with Crippen molar-refractivity contribution in [1.29, 1.82) is 0 Å². The largest absolute Gasteiger partial charge is 0.383 e. The molecule has 0 aromatic carbocycles. The lowest BCUT2D eigenvalue weighted by Gasteiger charge is -2.13. The highest BCUT2D eigenvalue weighted by Crippen LogP contribution is 2.09. The monoisotopic (exact) mass is 236 g/mol. The molecule has 0 saturated heterocycles. The maximum Gasteiger partial charge on any atom is 0.316 e. The molecule has 5 nitrogen and oxygen atoms in total. The normalized spacial score (nSPS) is 9.88. The van der Waals surface area contributed by atoms with Gasteiger partial charge in [0.2, 0.25) is 0 Å². The molecule has 5 heteroatoms. The Morgan fingerprint density at radius 2 is 1.82 bits per heavy atom. The van der Waals surface area contributed by atoms with E-state index in [2.05, 4.69) is 15.6 Å². The number of hydrogen-bond donors (Lipinski definition) is 2. The summed E-state index contributed by atoms with van der Waals surface area (Å²) >= 11 is 0. The molecule has 0 bridgehead atoms. The minimum absolute atomic E-state index is 0.0751. The number of urea groups is 1. The van der Waals surface area contributed by atoms with Crippen molar-refractivity contribution in [1.82, 2.24) is 15.2 Å². The second-order valence-electron chi connectivity index (χ2n) is 4.19. The van der Waals surface area contributed by atoms with Gasteiger partial charge >= 0.3 is 6.03 Å². The van der Waals surface area contributed by atoms with Crippen molar-refractivity contribution < 1.29 is 4.79 Å². The molecular weight excluding hydrogens is 216 g/mol. The number of anilines is 1. The van der Waals surface area contributed by atoms with Crippen LogP contribution in [-0.2, 0) is 0 Å². The fourth-order valence-electron chi connectivity index (χ4n) is 1.47. The number of aromatic nitrogens is 1. The molecule has 2 amide bonds. The van der Waals surface area contributed by atoms with Gasteiger partial charge in [-0.1, -0.05) is 0 Å². The number of rotatable bonds is 4. The molecule has 0 fully saturated rings. The Hall–Kier alpha value is -1.78. The van der Waals surface area contributed by atoms with E-state index in [4.69, 9.17) is 0 Å². The molecule has 17 heavy (non-hydrogen) atoms. The van der Waals surface area contributed by atoms with E-state index in [1.165, 1.54) is 4.90 Å². The molecule has 0 saturated carbocycles. The Morgan fingerprint density at radius 3 is 2.35 bits per heavy atom. The second kappa shape index (κ2) is 6.08. The van der Waals surface area contributed by atoms with Crippen LogP contribution >= 0.6 is 0 Å². The fraction of sp³-hybridized carbons (Fsp3) is 0.500. The minimum Gasteiger partial charge on any atom is -0.383 e. The Balaban J connectivity index is 2.33. The SMILES string of the molecule is Cc1cc(NCCNC(=O)N(C)C)cc(C)n1. The first-order valence-corrected chi connectivity index (χ1v) is 5.63. The molecule has 2 N–H and O–H groups in total. The van der Waals surface area contributed by atoms with Crippen molar-refractivity contribution in [3.05, 3.63) is 23.5 Å². The summed E-state index contributed by atoms with van der Waals surface area (Å²) in [4.78, 5) is 17.1. The van der Waals surface area contributed by atoms with Gasteiger partial charge in [-0.05, 0) is 26.0 Å². The zero-order chi connectivity index (χ0) is 12.8. The van der Waals surface area contributed by atoms with Crippen LogP contribution in [0.2, 0.25) is 0 Å². The standard InChI is InChI=1S/C12H20N4O/c1-9-7-11(8-10(2)15-9)13-5-6-14-12(17)16(3)4/h7-8H,5-6H2,1-4H3,(H,13,15)(H,14,17). The average Bonchev–Trinajstić information content (AvgIpc) is 2.22. The summed E-state index contributed by atoms with van der Waals surface area (Å²) in [5.74, 6) is 0. The van der Waals surface area contributed by atoms with E-state index in [1.807, 2.05) is 26.0 Å². The number of carbonyl (C=O) groups excluding carboxylic acids is 1. The van der Waals surface area contributed by atoms with Crippen LogP contribution in [0.3, 0.4) is 0 Å². The maximum atomic E-state index is 11.2. The van der Waals surface area contributed by atoms with Crippen molar-refractivity contribution in [3.63, 3.8) is 0 Å². The van der Waals surface area contributed by atoms with E-state index < -0.39 is 0 Å². The van der Waals surface area contributed by atoms with Crippen molar-refractivity contribution in [2.45, 2.75) is 13.8 Å². The summed E-state index contributed by atoms with van der Waals surface area (Å²) in [5, 5.41) is 6.04. The predicted octanol–water partition coefficient (Wildman–Crippen LogP) is 1.38. The lowest BCUT2D eigenvalue weighted by molar-refractivity contribution is 0.218. The van der Waals surface area contributed by atoms with E-state index in [9.17, 15) is 4.79 Å². The lowest BCUT2D eigenvalue weighted by Crippen LogP contribution is -2.37.